The van der Waals surface area contributed by atoms with Gasteiger partial charge in [-0.15, -0.1) is 0 Å². The first-order valence-corrected chi connectivity index (χ1v) is 9.77. The third-order valence-corrected chi connectivity index (χ3v) is 5.29. The standard InChI is InChI=1S/C22H12N2O4S2/c25-19(23-15-5-1-3-7-17(15)27-21(23)29)13-9-11-14(12-10-13)20(26)24-16-6-2-4-8-18(16)28-22(24)30/h1-12H. The molecule has 0 atom stereocenters. The van der Waals surface area contributed by atoms with Gasteiger partial charge in [0.2, 0.25) is 0 Å². The van der Waals surface area contributed by atoms with Crippen molar-refractivity contribution < 1.29 is 18.4 Å². The molecule has 30 heavy (non-hydrogen) atoms. The Kier molecular flexibility index (Phi) is 4.30. The van der Waals surface area contributed by atoms with E-state index >= 15 is 0 Å². The number of carbonyl (C=O) groups excluding carboxylic acids is 2. The fraction of sp³-hybridized carbons (Fsp3) is 0. The molecule has 3 aromatic carbocycles. The Hall–Kier alpha value is -3.62. The summed E-state index contributed by atoms with van der Waals surface area (Å²) in [6.45, 7) is 0. The topological polar surface area (TPSA) is 70.3 Å². The molecular weight excluding hydrogens is 420 g/mol. The highest BCUT2D eigenvalue weighted by atomic mass is 32.1. The molecule has 0 aliphatic heterocycles. The molecule has 5 rings (SSSR count). The lowest BCUT2D eigenvalue weighted by Gasteiger charge is -2.05. The molecule has 0 saturated carbocycles. The van der Waals surface area contributed by atoms with Crippen LogP contribution in [0.2, 0.25) is 0 Å². The van der Waals surface area contributed by atoms with Crippen molar-refractivity contribution in [3.05, 3.63) is 93.6 Å². The highest BCUT2D eigenvalue weighted by Crippen LogP contribution is 2.21. The maximum absolute atomic E-state index is 13.0. The highest BCUT2D eigenvalue weighted by Gasteiger charge is 2.18. The summed E-state index contributed by atoms with van der Waals surface area (Å²) in [6, 6.07) is 20.5. The second-order valence-corrected chi connectivity index (χ2v) is 7.23. The van der Waals surface area contributed by atoms with Crippen molar-refractivity contribution in [2.24, 2.45) is 0 Å². The van der Waals surface area contributed by atoms with E-state index in [-0.39, 0.29) is 21.5 Å². The molecule has 0 saturated heterocycles. The van der Waals surface area contributed by atoms with Crippen LogP contribution in [0.4, 0.5) is 0 Å². The summed E-state index contributed by atoms with van der Waals surface area (Å²) in [4.78, 5) is 26.1. The highest BCUT2D eigenvalue weighted by molar-refractivity contribution is 7.71. The molecule has 0 aliphatic carbocycles. The van der Waals surface area contributed by atoms with Crippen molar-refractivity contribution in [2.75, 3.05) is 0 Å². The predicted octanol–water partition coefficient (Wildman–Crippen LogP) is 5.62. The number of fused-ring (bicyclic) bond motifs is 2. The summed E-state index contributed by atoms with van der Waals surface area (Å²) >= 11 is 10.4. The van der Waals surface area contributed by atoms with Crippen LogP contribution in [0.25, 0.3) is 22.2 Å². The monoisotopic (exact) mass is 432 g/mol. The van der Waals surface area contributed by atoms with Crippen molar-refractivity contribution in [1.82, 2.24) is 9.13 Å². The summed E-state index contributed by atoms with van der Waals surface area (Å²) in [7, 11) is 0. The molecule has 6 nitrogen and oxygen atoms in total. The van der Waals surface area contributed by atoms with Crippen molar-refractivity contribution in [2.45, 2.75) is 0 Å². The van der Waals surface area contributed by atoms with E-state index in [0.29, 0.717) is 33.3 Å². The Morgan fingerprint density at radius 3 is 1.37 bits per heavy atom. The first-order chi connectivity index (χ1) is 14.5. The fourth-order valence-corrected chi connectivity index (χ4v) is 3.87. The summed E-state index contributed by atoms with van der Waals surface area (Å²) in [5.41, 5.74) is 2.98. The minimum absolute atomic E-state index is 0.0672. The molecule has 8 heteroatoms. The number of rotatable bonds is 2. The van der Waals surface area contributed by atoms with E-state index in [4.69, 9.17) is 33.3 Å². The van der Waals surface area contributed by atoms with Gasteiger partial charge >= 0.3 is 0 Å². The van der Waals surface area contributed by atoms with Crippen molar-refractivity contribution >= 4 is 58.4 Å². The lowest BCUT2D eigenvalue weighted by Crippen LogP contribution is -2.14. The van der Waals surface area contributed by atoms with E-state index in [1.165, 1.54) is 9.13 Å². The Morgan fingerprint density at radius 1 is 0.600 bits per heavy atom. The van der Waals surface area contributed by atoms with E-state index < -0.39 is 0 Å². The maximum Gasteiger partial charge on any atom is 0.276 e. The summed E-state index contributed by atoms with van der Waals surface area (Å²) in [5.74, 6) is -0.677. The molecule has 0 bridgehead atoms. The zero-order valence-corrected chi connectivity index (χ0v) is 16.9. The van der Waals surface area contributed by atoms with Crippen LogP contribution in [0, 0.1) is 9.67 Å². The molecule has 0 amide bonds. The molecule has 5 aromatic rings. The van der Waals surface area contributed by atoms with Gasteiger partial charge in [-0.3, -0.25) is 9.59 Å². The Balaban J connectivity index is 1.52. The lowest BCUT2D eigenvalue weighted by molar-refractivity contribution is 0.0947. The molecule has 146 valence electrons. The smallest absolute Gasteiger partial charge is 0.276 e. The van der Waals surface area contributed by atoms with Crippen LogP contribution in [0.5, 0.6) is 0 Å². The van der Waals surface area contributed by atoms with Gasteiger partial charge in [0.15, 0.2) is 11.2 Å². The number of hydrogen-bond donors (Lipinski definition) is 0. The maximum atomic E-state index is 13.0. The number of hydrogen-bond acceptors (Lipinski definition) is 6. The van der Waals surface area contributed by atoms with Crippen LogP contribution in [-0.2, 0) is 0 Å². The average molecular weight is 432 g/mol. The number of benzene rings is 3. The van der Waals surface area contributed by atoms with Crippen molar-refractivity contribution in [1.29, 1.82) is 0 Å². The van der Waals surface area contributed by atoms with Gasteiger partial charge in [-0.25, -0.2) is 9.13 Å². The summed E-state index contributed by atoms with van der Waals surface area (Å²) in [5, 5.41) is 0. The molecule has 0 unspecified atom stereocenters. The lowest BCUT2D eigenvalue weighted by atomic mass is 10.1. The van der Waals surface area contributed by atoms with Gasteiger partial charge in [0.1, 0.15) is 0 Å². The average Bonchev–Trinajstić information content (AvgIpc) is 3.28. The molecule has 0 N–H and O–H groups in total. The van der Waals surface area contributed by atoms with Crippen LogP contribution >= 0.6 is 24.4 Å². The van der Waals surface area contributed by atoms with Crippen LogP contribution in [0.1, 0.15) is 20.7 Å². The van der Waals surface area contributed by atoms with E-state index in [1.807, 2.05) is 0 Å². The molecule has 2 aromatic heterocycles. The number of carbonyl (C=O) groups is 2. The third kappa shape index (κ3) is 2.85. The molecule has 0 spiro atoms. The van der Waals surface area contributed by atoms with Gasteiger partial charge in [-0.05, 0) is 73.0 Å². The van der Waals surface area contributed by atoms with Gasteiger partial charge in [0.25, 0.3) is 21.5 Å². The fourth-order valence-electron chi connectivity index (χ4n) is 3.33. The molecular formula is C22H12N2O4S2. The van der Waals surface area contributed by atoms with Crippen LogP contribution in [0.15, 0.2) is 81.6 Å². The van der Waals surface area contributed by atoms with E-state index in [1.54, 1.807) is 72.8 Å². The van der Waals surface area contributed by atoms with Crippen molar-refractivity contribution in [3.63, 3.8) is 0 Å². The minimum Gasteiger partial charge on any atom is -0.429 e. The van der Waals surface area contributed by atoms with Gasteiger partial charge in [-0.2, -0.15) is 0 Å². The van der Waals surface area contributed by atoms with Crippen molar-refractivity contribution in [3.8, 4) is 0 Å². The van der Waals surface area contributed by atoms with E-state index in [9.17, 15) is 9.59 Å². The van der Waals surface area contributed by atoms with Gasteiger partial charge in [-0.1, -0.05) is 24.3 Å². The zero-order chi connectivity index (χ0) is 20.8. The molecule has 2 heterocycles. The molecule has 0 aliphatic rings. The second-order valence-electron chi connectivity index (χ2n) is 6.53. The third-order valence-electron chi connectivity index (χ3n) is 4.76. The molecule has 0 fully saturated rings. The first kappa shape index (κ1) is 18.4. The number of nitrogens with zero attached hydrogens (tertiary/aromatic N) is 2. The minimum atomic E-state index is -0.339. The Morgan fingerprint density at radius 2 is 0.967 bits per heavy atom. The number of aromatic nitrogens is 2. The van der Waals surface area contributed by atoms with Crippen LogP contribution in [-0.4, -0.2) is 20.9 Å². The quantitative estimate of drug-likeness (QED) is 0.337. The summed E-state index contributed by atoms with van der Waals surface area (Å²) < 4.78 is 13.6. The van der Waals surface area contributed by atoms with E-state index in [0.717, 1.165) is 0 Å². The van der Waals surface area contributed by atoms with Crippen LogP contribution < -0.4 is 0 Å². The molecule has 0 radical (unpaired) electrons. The van der Waals surface area contributed by atoms with Gasteiger partial charge in [0.05, 0.1) is 11.0 Å². The Labute approximate surface area is 179 Å². The van der Waals surface area contributed by atoms with Gasteiger partial charge in [0, 0.05) is 11.1 Å². The SMILES string of the molecule is O=C(c1ccc(C(=O)n2c(=S)oc3ccccc32)cc1)n1c(=S)oc2ccccc21. The first-order valence-electron chi connectivity index (χ1n) is 8.95. The predicted molar refractivity (Wildman–Crippen MR) is 116 cm³/mol. The second kappa shape index (κ2) is 7.01. The van der Waals surface area contributed by atoms with Gasteiger partial charge < -0.3 is 8.83 Å². The summed E-state index contributed by atoms with van der Waals surface area (Å²) in [6.07, 6.45) is 0. The van der Waals surface area contributed by atoms with E-state index in [2.05, 4.69) is 0 Å². The number of para-hydroxylation sites is 4. The van der Waals surface area contributed by atoms with Crippen LogP contribution in [0.3, 0.4) is 0 Å². The zero-order valence-electron chi connectivity index (χ0n) is 15.3. The Bertz CT molecular complexity index is 1450. The number of oxazole rings is 2. The normalized spacial score (nSPS) is 11.2. The largest absolute Gasteiger partial charge is 0.429 e.